The quantitative estimate of drug-likeness (QED) is 0.358. The number of fused-ring (bicyclic) bond motifs is 1. The number of hydrogen-bond acceptors (Lipinski definition) is 7. The molecule has 0 spiro atoms. The van der Waals surface area contributed by atoms with Crippen molar-refractivity contribution in [3.8, 4) is 0 Å². The van der Waals surface area contributed by atoms with Crippen molar-refractivity contribution < 1.29 is 13.2 Å². The van der Waals surface area contributed by atoms with Crippen molar-refractivity contribution in [2.45, 2.75) is 12.5 Å². The average molecular weight is 395 g/mol. The molecule has 27 heavy (non-hydrogen) atoms. The maximum absolute atomic E-state index is 12.2. The van der Waals surface area contributed by atoms with Crippen molar-refractivity contribution in [1.29, 1.82) is 0 Å². The molecular weight excluding hydrogens is 370 g/mol. The minimum Gasteiger partial charge on any atom is -0.378 e. The first-order valence-electron chi connectivity index (χ1n) is 8.69. The van der Waals surface area contributed by atoms with Crippen LogP contribution in [0.5, 0.6) is 0 Å². The van der Waals surface area contributed by atoms with Crippen LogP contribution in [0.1, 0.15) is 6.42 Å². The van der Waals surface area contributed by atoms with Gasteiger partial charge in [-0.15, -0.1) is 0 Å². The first kappa shape index (κ1) is 19.4. The Balaban J connectivity index is 2.03. The molecule has 0 aromatic rings. The smallest absolute Gasteiger partial charge is 0.233 e. The number of morpholine rings is 1. The lowest BCUT2D eigenvalue weighted by atomic mass is 9.91. The number of nitrogens with two attached hydrogens (primary N) is 2. The third-order valence-corrected chi connectivity index (χ3v) is 5.89. The van der Waals surface area contributed by atoms with Crippen LogP contribution in [-0.2, 0) is 14.8 Å². The number of ether oxygens (including phenoxy) is 1. The van der Waals surface area contributed by atoms with Crippen molar-refractivity contribution in [3.05, 3.63) is 24.4 Å². The van der Waals surface area contributed by atoms with Crippen LogP contribution in [0.4, 0.5) is 0 Å². The van der Waals surface area contributed by atoms with Crippen LogP contribution >= 0.6 is 0 Å². The van der Waals surface area contributed by atoms with Gasteiger partial charge >= 0.3 is 0 Å². The highest BCUT2D eigenvalue weighted by Crippen LogP contribution is 2.33. The molecule has 2 fully saturated rings. The van der Waals surface area contributed by atoms with E-state index in [2.05, 4.69) is 16.6 Å². The van der Waals surface area contributed by atoms with Crippen molar-refractivity contribution in [2.75, 3.05) is 39.1 Å². The van der Waals surface area contributed by atoms with Crippen LogP contribution in [-0.4, -0.2) is 80.5 Å². The maximum Gasteiger partial charge on any atom is 0.233 e. The van der Waals surface area contributed by atoms with E-state index in [1.165, 1.54) is 16.8 Å². The van der Waals surface area contributed by atoms with E-state index >= 15 is 0 Å². The number of sulfonamides is 1. The summed E-state index contributed by atoms with van der Waals surface area (Å²) in [5, 5.41) is 0. The van der Waals surface area contributed by atoms with Crippen LogP contribution < -0.4 is 11.5 Å². The molecule has 3 rings (SSSR count). The summed E-state index contributed by atoms with van der Waals surface area (Å²) < 4.78 is 31.2. The van der Waals surface area contributed by atoms with E-state index in [9.17, 15) is 8.42 Å². The van der Waals surface area contributed by atoms with Crippen molar-refractivity contribution in [1.82, 2.24) is 9.21 Å². The fourth-order valence-electron chi connectivity index (χ4n) is 3.43. The van der Waals surface area contributed by atoms with Gasteiger partial charge in [-0.25, -0.2) is 18.4 Å². The van der Waals surface area contributed by atoms with Gasteiger partial charge in [0.25, 0.3) is 0 Å². The first-order chi connectivity index (χ1) is 12.8. The highest BCUT2D eigenvalue weighted by Gasteiger charge is 2.43. The summed E-state index contributed by atoms with van der Waals surface area (Å²) in [5.41, 5.74) is 11.6. The molecule has 148 valence electrons. The lowest BCUT2D eigenvalue weighted by molar-refractivity contribution is 0.0672. The fraction of sp³-hybridized carbons (Fsp3) is 0.562. The second-order valence-electron chi connectivity index (χ2n) is 6.56. The Hall–Kier alpha value is -2.40. The van der Waals surface area contributed by atoms with E-state index in [4.69, 9.17) is 21.2 Å². The van der Waals surface area contributed by atoms with Gasteiger partial charge in [0, 0.05) is 31.8 Å². The minimum absolute atomic E-state index is 0.0689. The van der Waals surface area contributed by atoms with Gasteiger partial charge in [0.2, 0.25) is 16.0 Å². The summed E-state index contributed by atoms with van der Waals surface area (Å²) in [5.74, 6) is 0.766. The molecule has 0 aromatic heterocycles. The monoisotopic (exact) mass is 395 g/mol. The lowest BCUT2D eigenvalue weighted by Crippen LogP contribution is -2.46. The molecule has 2 unspecified atom stereocenters. The normalized spacial score (nSPS) is 26.2. The number of aliphatic imine (C=N–C) groups is 3. The van der Waals surface area contributed by atoms with Crippen molar-refractivity contribution in [3.63, 3.8) is 0 Å². The standard InChI is InChI=1S/C16H25N7O3S/c1-3-11(10-19-15(17)18)13-12-4-5-23(27(2,24)25)14(12)21-16(20-13)22-6-8-26-9-7-22/h3,10,12-13H,1,4-9H2,2H3,(H4,17,18,19)/b11-10+. The van der Waals surface area contributed by atoms with E-state index in [-0.39, 0.29) is 17.9 Å². The lowest BCUT2D eigenvalue weighted by Gasteiger charge is -2.33. The van der Waals surface area contributed by atoms with E-state index in [0.29, 0.717) is 56.6 Å². The molecule has 3 aliphatic rings. The Morgan fingerprint density at radius 2 is 2.04 bits per heavy atom. The Labute approximate surface area is 159 Å². The summed E-state index contributed by atoms with van der Waals surface area (Å²) in [4.78, 5) is 15.4. The summed E-state index contributed by atoms with van der Waals surface area (Å²) in [6, 6.07) is -0.359. The van der Waals surface area contributed by atoms with Gasteiger partial charge in [-0.1, -0.05) is 12.7 Å². The Bertz CT molecular complexity index is 821. The van der Waals surface area contributed by atoms with Crippen molar-refractivity contribution in [2.24, 2.45) is 32.4 Å². The Kier molecular flexibility index (Phi) is 5.51. The molecule has 4 N–H and O–H groups in total. The minimum atomic E-state index is -3.42. The Morgan fingerprint density at radius 3 is 2.63 bits per heavy atom. The molecule has 2 saturated heterocycles. The van der Waals surface area contributed by atoms with Gasteiger partial charge < -0.3 is 21.1 Å². The van der Waals surface area contributed by atoms with Crippen molar-refractivity contribution >= 4 is 27.8 Å². The largest absolute Gasteiger partial charge is 0.378 e. The molecule has 0 aromatic carbocycles. The zero-order chi connectivity index (χ0) is 19.6. The van der Waals surface area contributed by atoms with Crippen LogP contribution in [0.15, 0.2) is 39.4 Å². The van der Waals surface area contributed by atoms with Crippen LogP contribution in [0.3, 0.4) is 0 Å². The molecule has 0 saturated carbocycles. The Morgan fingerprint density at radius 1 is 1.33 bits per heavy atom. The third kappa shape index (κ3) is 4.14. The third-order valence-electron chi connectivity index (χ3n) is 4.71. The molecule has 3 aliphatic heterocycles. The number of nitrogens with zero attached hydrogens (tertiary/aromatic N) is 5. The molecule has 0 bridgehead atoms. The SMILES string of the molecule is C=C/C(=C\N=C(N)N)C1N=C(N2CCOCC2)N=C2C1CCN2S(C)(=O)=O. The summed E-state index contributed by atoms with van der Waals surface area (Å²) in [6.45, 7) is 6.65. The molecule has 0 amide bonds. The molecule has 2 atom stereocenters. The summed E-state index contributed by atoms with van der Waals surface area (Å²) in [7, 11) is -3.42. The molecule has 3 heterocycles. The zero-order valence-corrected chi connectivity index (χ0v) is 16.1. The van der Waals surface area contributed by atoms with Crippen LogP contribution in [0.2, 0.25) is 0 Å². The fourth-order valence-corrected chi connectivity index (χ4v) is 4.38. The van der Waals surface area contributed by atoms with Gasteiger partial charge in [-0.2, -0.15) is 4.99 Å². The predicted octanol–water partition coefficient (Wildman–Crippen LogP) is -0.920. The van der Waals surface area contributed by atoms with E-state index in [1.807, 2.05) is 4.90 Å². The first-order valence-corrected chi connectivity index (χ1v) is 10.5. The average Bonchev–Trinajstić information content (AvgIpc) is 3.07. The molecule has 11 heteroatoms. The molecule has 0 aliphatic carbocycles. The van der Waals surface area contributed by atoms with E-state index < -0.39 is 10.0 Å². The highest BCUT2D eigenvalue weighted by atomic mass is 32.2. The zero-order valence-electron chi connectivity index (χ0n) is 15.3. The summed E-state index contributed by atoms with van der Waals surface area (Å²) >= 11 is 0. The van der Waals surface area contributed by atoms with Gasteiger partial charge in [0.15, 0.2) is 5.96 Å². The van der Waals surface area contributed by atoms with Gasteiger partial charge in [-0.05, 0) is 12.0 Å². The van der Waals surface area contributed by atoms with Gasteiger partial charge in [0.05, 0.1) is 25.5 Å². The second-order valence-corrected chi connectivity index (χ2v) is 8.47. The van der Waals surface area contributed by atoms with Gasteiger partial charge in [-0.3, -0.25) is 4.31 Å². The van der Waals surface area contributed by atoms with Crippen LogP contribution in [0, 0.1) is 5.92 Å². The van der Waals surface area contributed by atoms with E-state index in [1.54, 1.807) is 6.08 Å². The molecule has 0 radical (unpaired) electrons. The maximum atomic E-state index is 12.2. The number of amidine groups is 1. The topological polar surface area (TPSA) is 139 Å². The number of guanidine groups is 2. The summed E-state index contributed by atoms with van der Waals surface area (Å²) in [6.07, 6.45) is 4.98. The predicted molar refractivity (Wildman–Crippen MR) is 105 cm³/mol. The van der Waals surface area contributed by atoms with E-state index in [0.717, 1.165) is 0 Å². The van der Waals surface area contributed by atoms with Crippen LogP contribution in [0.25, 0.3) is 0 Å². The molecule has 10 nitrogen and oxygen atoms in total. The highest BCUT2D eigenvalue weighted by molar-refractivity contribution is 7.88. The molecular formula is C16H25N7O3S. The second kappa shape index (κ2) is 7.69. The number of rotatable bonds is 4. The van der Waals surface area contributed by atoms with Gasteiger partial charge in [0.1, 0.15) is 5.84 Å². The number of hydrogen-bond donors (Lipinski definition) is 2.